The highest BCUT2D eigenvalue weighted by Gasteiger charge is 2.33. The van der Waals surface area contributed by atoms with Gasteiger partial charge in [-0.25, -0.2) is 9.79 Å². The van der Waals surface area contributed by atoms with Gasteiger partial charge in [-0.2, -0.15) is 0 Å². The van der Waals surface area contributed by atoms with E-state index in [9.17, 15) is 9.59 Å². The van der Waals surface area contributed by atoms with Crippen LogP contribution < -0.4 is 19.6 Å². The summed E-state index contributed by atoms with van der Waals surface area (Å²) in [6.07, 6.45) is 1.72. The van der Waals surface area contributed by atoms with Gasteiger partial charge < -0.3 is 9.47 Å². The van der Waals surface area contributed by atoms with Crippen molar-refractivity contribution < 1.29 is 14.3 Å². The van der Waals surface area contributed by atoms with Crippen LogP contribution in [-0.2, 0) is 22.7 Å². The van der Waals surface area contributed by atoms with Crippen LogP contribution in [0.3, 0.4) is 0 Å². The molecule has 0 aliphatic carbocycles. The van der Waals surface area contributed by atoms with Gasteiger partial charge in [-0.05, 0) is 59.5 Å². The first-order valence-corrected chi connectivity index (χ1v) is 15.4. The van der Waals surface area contributed by atoms with Gasteiger partial charge in [0.2, 0.25) is 0 Å². The van der Waals surface area contributed by atoms with E-state index in [4.69, 9.17) is 32.7 Å². The summed E-state index contributed by atoms with van der Waals surface area (Å²) < 4.78 is 13.7. The van der Waals surface area contributed by atoms with Crippen LogP contribution in [0.5, 0.6) is 5.75 Å². The Morgan fingerprint density at radius 2 is 1.57 bits per heavy atom. The lowest BCUT2D eigenvalue weighted by Gasteiger charge is -2.25. The largest absolute Gasteiger partial charge is 0.489 e. The van der Waals surface area contributed by atoms with Crippen molar-refractivity contribution >= 4 is 46.6 Å². The molecule has 44 heavy (non-hydrogen) atoms. The highest BCUT2D eigenvalue weighted by molar-refractivity contribution is 7.07. The van der Waals surface area contributed by atoms with Crippen LogP contribution in [0.15, 0.2) is 124 Å². The maximum absolute atomic E-state index is 14.0. The molecule has 0 bridgehead atoms. The molecular weight excluding hydrogens is 615 g/mol. The van der Waals surface area contributed by atoms with Gasteiger partial charge in [0.05, 0.1) is 21.8 Å². The van der Waals surface area contributed by atoms with Crippen LogP contribution in [0.1, 0.15) is 35.2 Å². The predicted octanol–water partition coefficient (Wildman–Crippen LogP) is 6.86. The maximum atomic E-state index is 14.0. The van der Waals surface area contributed by atoms with Crippen molar-refractivity contribution in [2.45, 2.75) is 26.2 Å². The number of halogens is 2. The zero-order valence-electron chi connectivity index (χ0n) is 23.6. The summed E-state index contributed by atoms with van der Waals surface area (Å²) in [7, 11) is 0. The molecule has 1 atom stereocenters. The highest BCUT2D eigenvalue weighted by Crippen LogP contribution is 2.32. The van der Waals surface area contributed by atoms with Gasteiger partial charge in [-0.1, -0.05) is 113 Å². The summed E-state index contributed by atoms with van der Waals surface area (Å²) in [4.78, 5) is 32.8. The van der Waals surface area contributed by atoms with E-state index in [2.05, 4.69) is 4.99 Å². The smallest absolute Gasteiger partial charge is 0.338 e. The number of esters is 1. The van der Waals surface area contributed by atoms with Crippen LogP contribution >= 0.6 is 34.5 Å². The molecule has 1 aliphatic heterocycles. The van der Waals surface area contributed by atoms with E-state index in [1.54, 1.807) is 35.8 Å². The monoisotopic (exact) mass is 640 g/mol. The average molecular weight is 642 g/mol. The number of hydrogen-bond acceptors (Lipinski definition) is 6. The zero-order chi connectivity index (χ0) is 30.6. The number of benzene rings is 4. The highest BCUT2D eigenvalue weighted by atomic mass is 35.5. The molecule has 9 heteroatoms. The number of aromatic nitrogens is 1. The SMILES string of the molecule is CC1=C(C(=O)OCc2ccccc2)C(c2ccc(OCc3ccccc3)cc2)n2c(s/c(=C/c3ccc(Cl)cc3Cl)c2=O)=N1. The number of hydrogen-bond donors (Lipinski definition) is 0. The van der Waals surface area contributed by atoms with Crippen molar-refractivity contribution in [3.63, 3.8) is 0 Å². The minimum Gasteiger partial charge on any atom is -0.489 e. The minimum absolute atomic E-state index is 0.0922. The molecule has 0 saturated heterocycles. The number of fused-ring (bicyclic) bond motifs is 1. The second-order valence-corrected chi connectivity index (χ2v) is 12.0. The fourth-order valence-corrected chi connectivity index (χ4v) is 6.45. The maximum Gasteiger partial charge on any atom is 0.338 e. The van der Waals surface area contributed by atoms with E-state index in [1.807, 2.05) is 84.9 Å². The average Bonchev–Trinajstić information content (AvgIpc) is 3.34. The molecule has 6 rings (SSSR count). The fraction of sp³-hybridized carbons (Fsp3) is 0.114. The van der Waals surface area contributed by atoms with Gasteiger partial charge in [0.1, 0.15) is 19.0 Å². The van der Waals surface area contributed by atoms with Crippen LogP contribution in [0.2, 0.25) is 10.0 Å². The molecule has 0 radical (unpaired) electrons. The molecule has 220 valence electrons. The summed E-state index contributed by atoms with van der Waals surface area (Å²) in [5.41, 5.74) is 3.75. The summed E-state index contributed by atoms with van der Waals surface area (Å²) in [5.74, 6) is 0.121. The fourth-order valence-electron chi connectivity index (χ4n) is 4.95. The number of allylic oxidation sites excluding steroid dienone is 1. The van der Waals surface area contributed by atoms with Crippen LogP contribution in [-0.4, -0.2) is 10.5 Å². The molecule has 0 fully saturated rings. The zero-order valence-corrected chi connectivity index (χ0v) is 25.9. The number of carbonyl (C=O) groups excluding carboxylic acids is 1. The van der Waals surface area contributed by atoms with Gasteiger partial charge >= 0.3 is 5.97 Å². The van der Waals surface area contributed by atoms with E-state index in [-0.39, 0.29) is 12.2 Å². The molecule has 2 heterocycles. The van der Waals surface area contributed by atoms with Crippen molar-refractivity contribution in [1.82, 2.24) is 4.57 Å². The molecule has 0 saturated carbocycles. The number of thiazole rings is 1. The summed E-state index contributed by atoms with van der Waals surface area (Å²) in [6, 6.07) is 31.1. The van der Waals surface area contributed by atoms with Crippen molar-refractivity contribution in [3.05, 3.63) is 166 Å². The lowest BCUT2D eigenvalue weighted by atomic mass is 9.96. The first-order valence-electron chi connectivity index (χ1n) is 13.8. The second kappa shape index (κ2) is 13.1. The molecule has 1 aromatic heterocycles. The third kappa shape index (κ3) is 6.40. The van der Waals surface area contributed by atoms with Crippen LogP contribution in [0.25, 0.3) is 6.08 Å². The second-order valence-electron chi connectivity index (χ2n) is 10.2. The van der Waals surface area contributed by atoms with Crippen LogP contribution in [0, 0.1) is 0 Å². The lowest BCUT2D eigenvalue weighted by molar-refractivity contribution is -0.140. The van der Waals surface area contributed by atoms with E-state index >= 15 is 0 Å². The molecule has 0 spiro atoms. The molecular formula is C35H26Cl2N2O4S. The van der Waals surface area contributed by atoms with Crippen molar-refractivity contribution in [1.29, 1.82) is 0 Å². The molecule has 6 nitrogen and oxygen atoms in total. The minimum atomic E-state index is -0.763. The summed E-state index contributed by atoms with van der Waals surface area (Å²) >= 11 is 13.7. The Labute approximate surface area is 267 Å². The van der Waals surface area contributed by atoms with Gasteiger partial charge in [0.25, 0.3) is 5.56 Å². The molecule has 5 aromatic rings. The predicted molar refractivity (Wildman–Crippen MR) is 174 cm³/mol. The van der Waals surface area contributed by atoms with Gasteiger partial charge in [-0.3, -0.25) is 9.36 Å². The Morgan fingerprint density at radius 1 is 0.909 bits per heavy atom. The van der Waals surface area contributed by atoms with E-state index in [0.717, 1.165) is 16.7 Å². The summed E-state index contributed by atoms with van der Waals surface area (Å²) in [5, 5.41) is 0.923. The Balaban J connectivity index is 1.39. The van der Waals surface area contributed by atoms with E-state index in [1.165, 1.54) is 11.3 Å². The number of rotatable bonds is 8. The number of carbonyl (C=O) groups is 1. The standard InChI is InChI=1S/C35H26Cl2N2O4S/c1-22-31(34(41)43-21-24-10-6-3-7-11-24)32(25-13-16-28(17-14-25)42-20-23-8-4-2-5-9-23)39-33(40)30(44-35(39)38-22)18-26-12-15-27(36)19-29(26)37/h2-19,32H,20-21H2,1H3/b30-18+. The molecule has 4 aromatic carbocycles. The van der Waals surface area contributed by atoms with Crippen molar-refractivity contribution in [2.75, 3.05) is 0 Å². The Hall–Kier alpha value is -4.43. The Morgan fingerprint density at radius 3 is 2.23 bits per heavy atom. The van der Waals surface area contributed by atoms with Gasteiger partial charge in [0.15, 0.2) is 4.80 Å². The molecule has 0 amide bonds. The first kappa shape index (κ1) is 29.6. The van der Waals surface area contributed by atoms with E-state index in [0.29, 0.717) is 48.6 Å². The molecule has 1 unspecified atom stereocenters. The topological polar surface area (TPSA) is 69.9 Å². The quantitative estimate of drug-likeness (QED) is 0.174. The Kier molecular flexibility index (Phi) is 8.79. The van der Waals surface area contributed by atoms with Crippen molar-refractivity contribution in [2.24, 2.45) is 4.99 Å². The normalized spacial score (nSPS) is 14.6. The van der Waals surface area contributed by atoms with Crippen molar-refractivity contribution in [3.8, 4) is 5.75 Å². The third-order valence-electron chi connectivity index (χ3n) is 7.15. The molecule has 0 N–H and O–H groups in total. The summed E-state index contributed by atoms with van der Waals surface area (Å²) in [6.45, 7) is 2.27. The number of nitrogens with zero attached hydrogens (tertiary/aromatic N) is 2. The van der Waals surface area contributed by atoms with Gasteiger partial charge in [-0.15, -0.1) is 0 Å². The van der Waals surface area contributed by atoms with Crippen LogP contribution in [0.4, 0.5) is 0 Å². The lowest BCUT2D eigenvalue weighted by Crippen LogP contribution is -2.39. The molecule has 1 aliphatic rings. The van der Waals surface area contributed by atoms with E-state index < -0.39 is 12.0 Å². The van der Waals surface area contributed by atoms with Gasteiger partial charge in [0, 0.05) is 10.0 Å². The Bertz CT molecular complexity index is 2040. The third-order valence-corrected chi connectivity index (χ3v) is 8.69. The number of ether oxygens (including phenoxy) is 2. The first-order chi connectivity index (χ1) is 21.4.